The standard InChI is InChI=1S/C13H14ClN3O2S/c1-3-19-12(18)9-6-8(15)7-10(14)11(9)20-13-16-4-5-17(13)2/h4-7H,3,15H2,1-2H3. The number of rotatable bonds is 4. The first-order valence-electron chi connectivity index (χ1n) is 5.94. The lowest BCUT2D eigenvalue weighted by Gasteiger charge is -2.11. The van der Waals surface area contributed by atoms with Crippen molar-refractivity contribution in [3.8, 4) is 0 Å². The van der Waals surface area contributed by atoms with Gasteiger partial charge in [-0.05, 0) is 30.8 Å². The van der Waals surface area contributed by atoms with Crippen LogP contribution < -0.4 is 5.73 Å². The molecule has 0 unspecified atom stereocenters. The van der Waals surface area contributed by atoms with E-state index in [2.05, 4.69) is 4.98 Å². The smallest absolute Gasteiger partial charge is 0.339 e. The number of nitrogens with two attached hydrogens (primary N) is 1. The molecule has 0 aliphatic heterocycles. The van der Waals surface area contributed by atoms with Gasteiger partial charge >= 0.3 is 5.97 Å². The number of halogens is 1. The molecule has 0 spiro atoms. The van der Waals surface area contributed by atoms with Crippen molar-refractivity contribution in [1.82, 2.24) is 9.55 Å². The molecule has 0 aliphatic carbocycles. The summed E-state index contributed by atoms with van der Waals surface area (Å²) in [5.74, 6) is -0.446. The maximum Gasteiger partial charge on any atom is 0.339 e. The third-order valence-electron chi connectivity index (χ3n) is 2.53. The second kappa shape index (κ2) is 6.19. The predicted molar refractivity (Wildman–Crippen MR) is 79.2 cm³/mol. The molecule has 0 aliphatic rings. The van der Waals surface area contributed by atoms with E-state index in [4.69, 9.17) is 22.1 Å². The number of anilines is 1. The van der Waals surface area contributed by atoms with E-state index >= 15 is 0 Å². The number of carbonyl (C=O) groups excluding carboxylic acids is 1. The second-order valence-electron chi connectivity index (χ2n) is 4.02. The summed E-state index contributed by atoms with van der Waals surface area (Å²) in [6, 6.07) is 3.17. The fourth-order valence-electron chi connectivity index (χ4n) is 1.62. The molecule has 0 amide bonds. The molecule has 0 bridgehead atoms. The molecule has 20 heavy (non-hydrogen) atoms. The Morgan fingerprint density at radius 3 is 2.90 bits per heavy atom. The first-order valence-corrected chi connectivity index (χ1v) is 7.13. The van der Waals surface area contributed by atoms with Crippen molar-refractivity contribution in [2.24, 2.45) is 7.05 Å². The van der Waals surface area contributed by atoms with Gasteiger partial charge in [-0.1, -0.05) is 11.6 Å². The first kappa shape index (κ1) is 14.7. The van der Waals surface area contributed by atoms with Crippen molar-refractivity contribution in [3.63, 3.8) is 0 Å². The molecular formula is C13H14ClN3O2S. The Morgan fingerprint density at radius 1 is 1.55 bits per heavy atom. The Bertz CT molecular complexity index is 643. The molecule has 0 atom stereocenters. The summed E-state index contributed by atoms with van der Waals surface area (Å²) in [4.78, 5) is 16.8. The fourth-order valence-corrected chi connectivity index (χ4v) is 2.87. The minimum absolute atomic E-state index is 0.289. The van der Waals surface area contributed by atoms with Crippen LogP contribution in [0.2, 0.25) is 5.02 Å². The van der Waals surface area contributed by atoms with Crippen molar-refractivity contribution in [3.05, 3.63) is 35.1 Å². The molecule has 0 saturated heterocycles. The summed E-state index contributed by atoms with van der Waals surface area (Å²) >= 11 is 7.50. The van der Waals surface area contributed by atoms with Gasteiger partial charge in [-0.15, -0.1) is 0 Å². The van der Waals surface area contributed by atoms with Crippen LogP contribution in [-0.2, 0) is 11.8 Å². The number of benzene rings is 1. The van der Waals surface area contributed by atoms with Crippen LogP contribution >= 0.6 is 23.4 Å². The summed E-state index contributed by atoms with van der Waals surface area (Å²) < 4.78 is 6.87. The molecule has 7 heteroatoms. The number of imidazole rings is 1. The minimum atomic E-state index is -0.446. The average molecular weight is 312 g/mol. The van der Waals surface area contributed by atoms with Crippen LogP contribution in [0.15, 0.2) is 34.6 Å². The van der Waals surface area contributed by atoms with E-state index in [1.807, 2.05) is 17.8 Å². The molecule has 0 radical (unpaired) electrons. The van der Waals surface area contributed by atoms with Gasteiger partial charge in [-0.2, -0.15) is 0 Å². The van der Waals surface area contributed by atoms with Crippen molar-refractivity contribution in [2.45, 2.75) is 17.0 Å². The third-order valence-corrected chi connectivity index (χ3v) is 4.16. The maximum atomic E-state index is 12.0. The van der Waals surface area contributed by atoms with Crippen molar-refractivity contribution in [1.29, 1.82) is 0 Å². The zero-order chi connectivity index (χ0) is 14.7. The number of carbonyl (C=O) groups is 1. The summed E-state index contributed by atoms with van der Waals surface area (Å²) in [6.07, 6.45) is 3.50. The molecule has 2 N–H and O–H groups in total. The summed E-state index contributed by atoms with van der Waals surface area (Å²) in [5.41, 5.74) is 6.51. The molecule has 2 aromatic rings. The summed E-state index contributed by atoms with van der Waals surface area (Å²) in [5, 5.41) is 1.13. The highest BCUT2D eigenvalue weighted by Crippen LogP contribution is 2.37. The Labute approximate surface area is 126 Å². The molecule has 0 fully saturated rings. The topological polar surface area (TPSA) is 70.1 Å². The van der Waals surface area contributed by atoms with E-state index in [-0.39, 0.29) is 6.61 Å². The van der Waals surface area contributed by atoms with Gasteiger partial charge in [-0.3, -0.25) is 0 Å². The van der Waals surface area contributed by atoms with Crippen LogP contribution in [0.4, 0.5) is 5.69 Å². The highest BCUT2D eigenvalue weighted by atomic mass is 35.5. The molecule has 1 aromatic carbocycles. The lowest BCUT2D eigenvalue weighted by molar-refractivity contribution is 0.0522. The van der Waals surface area contributed by atoms with Gasteiger partial charge in [0.25, 0.3) is 0 Å². The molecule has 0 saturated carbocycles. The van der Waals surface area contributed by atoms with Gasteiger partial charge in [-0.25, -0.2) is 9.78 Å². The van der Waals surface area contributed by atoms with E-state index < -0.39 is 5.97 Å². The Morgan fingerprint density at radius 2 is 2.30 bits per heavy atom. The number of hydrogen-bond acceptors (Lipinski definition) is 5. The van der Waals surface area contributed by atoms with E-state index in [1.54, 1.807) is 25.3 Å². The first-order chi connectivity index (χ1) is 9.52. The monoisotopic (exact) mass is 311 g/mol. The number of nitrogen functional groups attached to an aromatic ring is 1. The van der Waals surface area contributed by atoms with E-state index in [1.165, 1.54) is 11.8 Å². The lowest BCUT2D eigenvalue weighted by atomic mass is 10.2. The van der Waals surface area contributed by atoms with Crippen LogP contribution in [0.5, 0.6) is 0 Å². The van der Waals surface area contributed by atoms with Crippen LogP contribution in [0.1, 0.15) is 17.3 Å². The molecular weight excluding hydrogens is 298 g/mol. The zero-order valence-corrected chi connectivity index (χ0v) is 12.7. The van der Waals surface area contributed by atoms with Gasteiger partial charge in [0.05, 0.1) is 17.2 Å². The predicted octanol–water partition coefficient (Wildman–Crippen LogP) is 2.98. The van der Waals surface area contributed by atoms with Crippen LogP contribution in [0, 0.1) is 0 Å². The quantitative estimate of drug-likeness (QED) is 0.694. The Balaban J connectivity index is 2.45. The van der Waals surface area contributed by atoms with Crippen molar-refractivity contribution in [2.75, 3.05) is 12.3 Å². The number of ether oxygens (including phenoxy) is 1. The lowest BCUT2D eigenvalue weighted by Crippen LogP contribution is -2.07. The zero-order valence-electron chi connectivity index (χ0n) is 11.1. The minimum Gasteiger partial charge on any atom is -0.462 e. The number of esters is 1. The van der Waals surface area contributed by atoms with Crippen LogP contribution in [0.25, 0.3) is 0 Å². The second-order valence-corrected chi connectivity index (χ2v) is 5.41. The summed E-state index contributed by atoms with van der Waals surface area (Å²) in [7, 11) is 1.87. The Hall–Kier alpha value is -1.66. The third kappa shape index (κ3) is 3.08. The van der Waals surface area contributed by atoms with E-state index in [0.717, 1.165) is 5.16 Å². The summed E-state index contributed by atoms with van der Waals surface area (Å²) in [6.45, 7) is 2.04. The number of hydrogen-bond donors (Lipinski definition) is 1. The van der Waals surface area contributed by atoms with Gasteiger partial charge in [0.1, 0.15) is 0 Å². The Kier molecular flexibility index (Phi) is 4.57. The highest BCUT2D eigenvalue weighted by molar-refractivity contribution is 7.99. The largest absolute Gasteiger partial charge is 0.462 e. The average Bonchev–Trinajstić information content (AvgIpc) is 2.78. The van der Waals surface area contributed by atoms with Gasteiger partial charge < -0.3 is 15.0 Å². The van der Waals surface area contributed by atoms with Crippen LogP contribution in [-0.4, -0.2) is 22.1 Å². The van der Waals surface area contributed by atoms with Crippen molar-refractivity contribution >= 4 is 35.0 Å². The molecule has 5 nitrogen and oxygen atoms in total. The van der Waals surface area contributed by atoms with Crippen molar-refractivity contribution < 1.29 is 9.53 Å². The van der Waals surface area contributed by atoms with Gasteiger partial charge in [0.15, 0.2) is 5.16 Å². The SMILES string of the molecule is CCOC(=O)c1cc(N)cc(Cl)c1Sc1nccn1C. The highest BCUT2D eigenvalue weighted by Gasteiger charge is 2.19. The molecule has 1 heterocycles. The normalized spacial score (nSPS) is 10.6. The van der Waals surface area contributed by atoms with E-state index in [9.17, 15) is 4.79 Å². The number of aromatic nitrogens is 2. The maximum absolute atomic E-state index is 12.0. The number of aryl methyl sites for hydroxylation is 1. The number of nitrogens with zero attached hydrogens (tertiary/aromatic N) is 2. The molecule has 106 valence electrons. The van der Waals surface area contributed by atoms with Crippen LogP contribution in [0.3, 0.4) is 0 Å². The molecule has 2 rings (SSSR count). The van der Waals surface area contributed by atoms with Gasteiger partial charge in [0, 0.05) is 30.0 Å². The van der Waals surface area contributed by atoms with Gasteiger partial charge in [0.2, 0.25) is 0 Å². The van der Waals surface area contributed by atoms with E-state index in [0.29, 0.717) is 21.2 Å². The molecule has 1 aromatic heterocycles. The fraction of sp³-hybridized carbons (Fsp3) is 0.231.